The molecule has 0 saturated carbocycles. The molecular formula is C17H19N3O. The van der Waals surface area contributed by atoms with E-state index in [0.717, 1.165) is 22.4 Å². The molecule has 1 aromatic heterocycles. The van der Waals surface area contributed by atoms with Crippen LogP contribution >= 0.6 is 0 Å². The van der Waals surface area contributed by atoms with Crippen LogP contribution in [-0.2, 0) is 0 Å². The highest BCUT2D eigenvalue weighted by atomic mass is 16.5. The summed E-state index contributed by atoms with van der Waals surface area (Å²) in [5.41, 5.74) is 9.78. The molecule has 1 heterocycles. The number of fused-ring (bicyclic) bond motifs is 1. The summed E-state index contributed by atoms with van der Waals surface area (Å²) >= 11 is 0. The van der Waals surface area contributed by atoms with Crippen molar-refractivity contribution in [1.29, 1.82) is 0 Å². The van der Waals surface area contributed by atoms with E-state index in [0.29, 0.717) is 17.5 Å². The summed E-state index contributed by atoms with van der Waals surface area (Å²) in [7, 11) is 1.62. The van der Waals surface area contributed by atoms with Gasteiger partial charge < -0.3 is 15.0 Å². The van der Waals surface area contributed by atoms with E-state index in [1.54, 1.807) is 7.11 Å². The van der Waals surface area contributed by atoms with Crippen LogP contribution in [0.2, 0.25) is 0 Å². The van der Waals surface area contributed by atoms with Gasteiger partial charge in [0.1, 0.15) is 11.6 Å². The minimum absolute atomic E-state index is 0.315. The maximum atomic E-state index is 6.03. The van der Waals surface area contributed by atoms with Gasteiger partial charge in [0.2, 0.25) is 0 Å². The van der Waals surface area contributed by atoms with Crippen LogP contribution < -0.4 is 10.5 Å². The van der Waals surface area contributed by atoms with Gasteiger partial charge in [0.05, 0.1) is 23.8 Å². The zero-order chi connectivity index (χ0) is 15.0. The first-order chi connectivity index (χ1) is 10.1. The minimum atomic E-state index is 0.315. The van der Waals surface area contributed by atoms with Gasteiger partial charge in [-0.25, -0.2) is 4.98 Å². The number of imidazole rings is 1. The summed E-state index contributed by atoms with van der Waals surface area (Å²) in [5.74, 6) is 1.62. The molecule has 0 saturated heterocycles. The van der Waals surface area contributed by atoms with Crippen molar-refractivity contribution in [2.75, 3.05) is 12.8 Å². The average Bonchev–Trinajstić information content (AvgIpc) is 2.86. The number of benzene rings is 2. The second kappa shape index (κ2) is 5.13. The summed E-state index contributed by atoms with van der Waals surface area (Å²) < 4.78 is 7.45. The Morgan fingerprint density at radius 3 is 2.57 bits per heavy atom. The average molecular weight is 281 g/mol. The molecule has 0 aliphatic heterocycles. The molecule has 0 spiro atoms. The Morgan fingerprint density at radius 2 is 1.90 bits per heavy atom. The lowest BCUT2D eigenvalue weighted by Gasteiger charge is -2.14. The fourth-order valence-corrected chi connectivity index (χ4v) is 2.64. The van der Waals surface area contributed by atoms with Gasteiger partial charge in [-0.05, 0) is 44.2 Å². The zero-order valence-electron chi connectivity index (χ0n) is 12.5. The lowest BCUT2D eigenvalue weighted by molar-refractivity contribution is 0.417. The lowest BCUT2D eigenvalue weighted by atomic mass is 10.1. The Morgan fingerprint density at radius 1 is 1.14 bits per heavy atom. The number of hydrogen-bond acceptors (Lipinski definition) is 3. The molecule has 108 valence electrons. The number of nitrogens with zero attached hydrogens (tertiary/aromatic N) is 2. The van der Waals surface area contributed by atoms with Gasteiger partial charge in [0.25, 0.3) is 0 Å². The lowest BCUT2D eigenvalue weighted by Crippen LogP contribution is -2.03. The first-order valence-electron chi connectivity index (χ1n) is 7.02. The van der Waals surface area contributed by atoms with E-state index < -0.39 is 0 Å². The van der Waals surface area contributed by atoms with Crippen LogP contribution in [-0.4, -0.2) is 16.7 Å². The molecule has 0 bridgehead atoms. The number of nitrogens with two attached hydrogens (primary N) is 1. The SMILES string of the molecule is COc1ccc(-c2nc3ccccc3n2C(C)C)cc1N. The molecule has 21 heavy (non-hydrogen) atoms. The van der Waals surface area contributed by atoms with Crippen molar-refractivity contribution in [3.05, 3.63) is 42.5 Å². The van der Waals surface area contributed by atoms with Gasteiger partial charge in [0, 0.05) is 11.6 Å². The van der Waals surface area contributed by atoms with Crippen LogP contribution in [0.25, 0.3) is 22.4 Å². The summed E-state index contributed by atoms with van der Waals surface area (Å²) in [6.07, 6.45) is 0. The number of hydrogen-bond donors (Lipinski definition) is 1. The molecule has 0 fully saturated rings. The van der Waals surface area contributed by atoms with Crippen LogP contribution in [0.15, 0.2) is 42.5 Å². The number of aromatic nitrogens is 2. The van der Waals surface area contributed by atoms with E-state index in [-0.39, 0.29) is 0 Å². The Bertz CT molecular complexity index is 790. The Balaban J connectivity index is 2.24. The number of methoxy groups -OCH3 is 1. The van der Waals surface area contributed by atoms with Gasteiger partial charge >= 0.3 is 0 Å². The highest BCUT2D eigenvalue weighted by Crippen LogP contribution is 2.32. The molecule has 3 rings (SSSR count). The van der Waals surface area contributed by atoms with Crippen molar-refractivity contribution in [2.45, 2.75) is 19.9 Å². The maximum absolute atomic E-state index is 6.03. The van der Waals surface area contributed by atoms with Gasteiger partial charge in [-0.1, -0.05) is 12.1 Å². The summed E-state index contributed by atoms with van der Waals surface area (Å²) in [6, 6.07) is 14.3. The highest BCUT2D eigenvalue weighted by molar-refractivity contribution is 5.81. The van der Waals surface area contributed by atoms with Gasteiger partial charge in [-0.3, -0.25) is 0 Å². The largest absolute Gasteiger partial charge is 0.495 e. The van der Waals surface area contributed by atoms with Crippen molar-refractivity contribution in [1.82, 2.24) is 9.55 Å². The molecule has 0 amide bonds. The van der Waals surface area contributed by atoms with Gasteiger partial charge in [0.15, 0.2) is 0 Å². The third-order valence-electron chi connectivity index (χ3n) is 3.60. The van der Waals surface area contributed by atoms with Crippen molar-refractivity contribution >= 4 is 16.7 Å². The first kappa shape index (κ1) is 13.5. The van der Waals surface area contributed by atoms with E-state index in [1.807, 2.05) is 36.4 Å². The molecule has 0 atom stereocenters. The Kier molecular flexibility index (Phi) is 3.29. The number of nitrogen functional groups attached to an aromatic ring is 1. The quantitative estimate of drug-likeness (QED) is 0.741. The molecule has 3 aromatic rings. The van der Waals surface area contributed by atoms with Crippen molar-refractivity contribution < 1.29 is 4.74 Å². The molecule has 4 nitrogen and oxygen atoms in total. The standard InChI is InChI=1S/C17H19N3O/c1-11(2)20-15-7-5-4-6-14(15)19-17(20)12-8-9-16(21-3)13(18)10-12/h4-11H,18H2,1-3H3. The minimum Gasteiger partial charge on any atom is -0.495 e. The van der Waals surface area contributed by atoms with E-state index in [4.69, 9.17) is 15.5 Å². The van der Waals surface area contributed by atoms with Crippen LogP contribution in [0, 0.1) is 0 Å². The Hall–Kier alpha value is -2.49. The van der Waals surface area contributed by atoms with Crippen molar-refractivity contribution in [3.8, 4) is 17.1 Å². The highest BCUT2D eigenvalue weighted by Gasteiger charge is 2.15. The van der Waals surface area contributed by atoms with Crippen molar-refractivity contribution in [2.24, 2.45) is 0 Å². The van der Waals surface area contributed by atoms with E-state index in [1.165, 1.54) is 0 Å². The second-order valence-corrected chi connectivity index (χ2v) is 5.34. The second-order valence-electron chi connectivity index (χ2n) is 5.34. The maximum Gasteiger partial charge on any atom is 0.141 e. The summed E-state index contributed by atoms with van der Waals surface area (Å²) in [4.78, 5) is 4.77. The third kappa shape index (κ3) is 2.23. The molecule has 2 N–H and O–H groups in total. The number of ether oxygens (including phenoxy) is 1. The van der Waals surface area contributed by atoms with Gasteiger partial charge in [-0.15, -0.1) is 0 Å². The molecule has 0 radical (unpaired) electrons. The number of para-hydroxylation sites is 2. The van der Waals surface area contributed by atoms with Crippen LogP contribution in [0.4, 0.5) is 5.69 Å². The molecule has 0 aliphatic carbocycles. The molecular weight excluding hydrogens is 262 g/mol. The summed E-state index contributed by atoms with van der Waals surface area (Å²) in [6.45, 7) is 4.31. The zero-order valence-corrected chi connectivity index (χ0v) is 12.5. The van der Waals surface area contributed by atoms with Crippen LogP contribution in [0.5, 0.6) is 5.75 Å². The number of anilines is 1. The molecule has 4 heteroatoms. The first-order valence-corrected chi connectivity index (χ1v) is 7.02. The third-order valence-corrected chi connectivity index (χ3v) is 3.60. The van der Waals surface area contributed by atoms with Crippen LogP contribution in [0.3, 0.4) is 0 Å². The molecule has 0 aliphatic rings. The summed E-state index contributed by atoms with van der Waals surface area (Å²) in [5, 5.41) is 0. The Labute approximate surface area is 124 Å². The fraction of sp³-hybridized carbons (Fsp3) is 0.235. The van der Waals surface area contributed by atoms with E-state index >= 15 is 0 Å². The van der Waals surface area contributed by atoms with Crippen LogP contribution in [0.1, 0.15) is 19.9 Å². The monoisotopic (exact) mass is 281 g/mol. The van der Waals surface area contributed by atoms with E-state index in [9.17, 15) is 0 Å². The fourth-order valence-electron chi connectivity index (χ4n) is 2.64. The normalized spacial score (nSPS) is 11.2. The smallest absolute Gasteiger partial charge is 0.141 e. The predicted octanol–water partition coefficient (Wildman–Crippen LogP) is 3.88. The van der Waals surface area contributed by atoms with E-state index in [2.05, 4.69) is 24.5 Å². The number of rotatable bonds is 3. The van der Waals surface area contributed by atoms with Crippen molar-refractivity contribution in [3.63, 3.8) is 0 Å². The molecule has 0 unspecified atom stereocenters. The van der Waals surface area contributed by atoms with Gasteiger partial charge in [-0.2, -0.15) is 0 Å². The molecule has 2 aromatic carbocycles. The predicted molar refractivity (Wildman–Crippen MR) is 86.5 cm³/mol. The topological polar surface area (TPSA) is 53.1 Å².